The van der Waals surface area contributed by atoms with E-state index >= 15 is 0 Å². The summed E-state index contributed by atoms with van der Waals surface area (Å²) in [5, 5.41) is 3.50. The minimum atomic E-state index is 0.629. The summed E-state index contributed by atoms with van der Waals surface area (Å²) in [7, 11) is 0. The lowest BCUT2D eigenvalue weighted by molar-refractivity contribution is 0.0974. The van der Waals surface area contributed by atoms with Crippen LogP contribution in [0.2, 0.25) is 0 Å². The van der Waals surface area contributed by atoms with E-state index in [0.29, 0.717) is 13.2 Å². The summed E-state index contributed by atoms with van der Waals surface area (Å²) in [5.74, 6) is 0.912. The molecule has 0 heterocycles. The first-order valence-corrected chi connectivity index (χ1v) is 6.94. The first kappa shape index (κ1) is 13.4. The molecule has 3 heteroatoms. The summed E-state index contributed by atoms with van der Waals surface area (Å²) in [6, 6.07) is 10.7. The summed E-state index contributed by atoms with van der Waals surface area (Å²) in [6.45, 7) is 3.27. The SMILES string of the molecule is c1ccc(OCCOCCCCNC2CC2)cc1. The van der Waals surface area contributed by atoms with Crippen molar-refractivity contribution in [2.24, 2.45) is 0 Å². The number of benzene rings is 1. The predicted molar refractivity (Wildman–Crippen MR) is 73.0 cm³/mol. The van der Waals surface area contributed by atoms with Crippen LogP contribution in [0.4, 0.5) is 0 Å². The van der Waals surface area contributed by atoms with E-state index < -0.39 is 0 Å². The van der Waals surface area contributed by atoms with E-state index in [1.165, 1.54) is 19.3 Å². The van der Waals surface area contributed by atoms with Gasteiger partial charge in [0.1, 0.15) is 12.4 Å². The maximum atomic E-state index is 5.54. The molecule has 0 aromatic heterocycles. The maximum Gasteiger partial charge on any atom is 0.119 e. The second-order valence-corrected chi connectivity index (χ2v) is 4.71. The largest absolute Gasteiger partial charge is 0.491 e. The third-order valence-electron chi connectivity index (χ3n) is 2.97. The topological polar surface area (TPSA) is 30.5 Å². The third-order valence-corrected chi connectivity index (χ3v) is 2.97. The second-order valence-electron chi connectivity index (χ2n) is 4.71. The van der Waals surface area contributed by atoms with E-state index in [4.69, 9.17) is 9.47 Å². The van der Waals surface area contributed by atoms with Crippen LogP contribution in [0, 0.1) is 0 Å². The van der Waals surface area contributed by atoms with Crippen molar-refractivity contribution < 1.29 is 9.47 Å². The lowest BCUT2D eigenvalue weighted by Crippen LogP contribution is -2.18. The summed E-state index contributed by atoms with van der Waals surface area (Å²) < 4.78 is 11.1. The first-order chi connectivity index (χ1) is 8.95. The Morgan fingerprint density at radius 2 is 1.83 bits per heavy atom. The first-order valence-electron chi connectivity index (χ1n) is 6.94. The van der Waals surface area contributed by atoms with Gasteiger partial charge in [-0.3, -0.25) is 0 Å². The highest BCUT2D eigenvalue weighted by Gasteiger charge is 2.19. The molecule has 1 saturated carbocycles. The Labute approximate surface area is 109 Å². The number of unbranched alkanes of at least 4 members (excludes halogenated alkanes) is 1. The van der Waals surface area contributed by atoms with Crippen LogP contribution in [0.1, 0.15) is 25.7 Å². The lowest BCUT2D eigenvalue weighted by atomic mass is 10.3. The zero-order valence-corrected chi connectivity index (χ0v) is 10.9. The van der Waals surface area contributed by atoms with Gasteiger partial charge in [-0.05, 0) is 44.4 Å². The van der Waals surface area contributed by atoms with Gasteiger partial charge >= 0.3 is 0 Å². The molecule has 0 saturated heterocycles. The number of nitrogens with one attached hydrogen (secondary N) is 1. The van der Waals surface area contributed by atoms with Gasteiger partial charge in [0.05, 0.1) is 6.61 Å². The molecule has 1 aromatic rings. The van der Waals surface area contributed by atoms with Gasteiger partial charge in [-0.2, -0.15) is 0 Å². The Morgan fingerprint density at radius 1 is 1.00 bits per heavy atom. The van der Waals surface area contributed by atoms with Crippen molar-refractivity contribution in [2.45, 2.75) is 31.7 Å². The van der Waals surface area contributed by atoms with Crippen molar-refractivity contribution in [2.75, 3.05) is 26.4 Å². The van der Waals surface area contributed by atoms with E-state index in [-0.39, 0.29) is 0 Å². The van der Waals surface area contributed by atoms with Crippen molar-refractivity contribution in [3.63, 3.8) is 0 Å². The van der Waals surface area contributed by atoms with E-state index in [2.05, 4.69) is 5.32 Å². The van der Waals surface area contributed by atoms with Crippen LogP contribution >= 0.6 is 0 Å². The molecule has 1 aromatic carbocycles. The Hall–Kier alpha value is -1.06. The molecule has 1 N–H and O–H groups in total. The standard InChI is InChI=1S/C15H23NO2/c1-2-6-15(7-3-1)18-13-12-17-11-5-4-10-16-14-8-9-14/h1-3,6-7,14,16H,4-5,8-13H2. The molecule has 100 valence electrons. The molecule has 0 bridgehead atoms. The van der Waals surface area contributed by atoms with E-state index in [9.17, 15) is 0 Å². The van der Waals surface area contributed by atoms with Crippen molar-refractivity contribution in [1.29, 1.82) is 0 Å². The quantitative estimate of drug-likeness (QED) is 0.647. The predicted octanol–water partition coefficient (Wildman–Crippen LogP) is 2.61. The number of ether oxygens (including phenoxy) is 2. The minimum absolute atomic E-state index is 0.629. The Kier molecular flexibility index (Phi) is 6.03. The Morgan fingerprint density at radius 3 is 2.61 bits per heavy atom. The van der Waals surface area contributed by atoms with Gasteiger partial charge in [0.15, 0.2) is 0 Å². The molecule has 1 fully saturated rings. The fourth-order valence-electron chi connectivity index (χ4n) is 1.76. The van der Waals surface area contributed by atoms with E-state index in [0.717, 1.165) is 31.4 Å². The highest BCUT2D eigenvalue weighted by Crippen LogP contribution is 2.18. The van der Waals surface area contributed by atoms with Crippen LogP contribution in [0.15, 0.2) is 30.3 Å². The zero-order chi connectivity index (χ0) is 12.5. The summed E-state index contributed by atoms with van der Waals surface area (Å²) in [4.78, 5) is 0. The molecule has 2 rings (SSSR count). The summed E-state index contributed by atoms with van der Waals surface area (Å²) in [5.41, 5.74) is 0. The highest BCUT2D eigenvalue weighted by molar-refractivity contribution is 5.20. The molecule has 0 atom stereocenters. The Bertz CT molecular complexity index is 312. The van der Waals surface area contributed by atoms with Crippen LogP contribution in [0.3, 0.4) is 0 Å². The smallest absolute Gasteiger partial charge is 0.119 e. The van der Waals surface area contributed by atoms with Crippen LogP contribution in [0.5, 0.6) is 5.75 Å². The molecule has 0 radical (unpaired) electrons. The van der Waals surface area contributed by atoms with Gasteiger partial charge < -0.3 is 14.8 Å². The lowest BCUT2D eigenvalue weighted by Gasteiger charge is -2.07. The van der Waals surface area contributed by atoms with Crippen LogP contribution in [-0.4, -0.2) is 32.4 Å². The minimum Gasteiger partial charge on any atom is -0.491 e. The van der Waals surface area contributed by atoms with Gasteiger partial charge in [-0.15, -0.1) is 0 Å². The molecule has 1 aliphatic carbocycles. The van der Waals surface area contributed by atoms with Gasteiger partial charge in [0, 0.05) is 12.6 Å². The van der Waals surface area contributed by atoms with Crippen LogP contribution < -0.4 is 10.1 Å². The van der Waals surface area contributed by atoms with Gasteiger partial charge in [-0.25, -0.2) is 0 Å². The number of hydrogen-bond donors (Lipinski definition) is 1. The maximum absolute atomic E-state index is 5.54. The normalized spacial score (nSPS) is 14.7. The molecule has 0 unspecified atom stereocenters. The fourth-order valence-corrected chi connectivity index (χ4v) is 1.76. The molecular formula is C15H23NO2. The average molecular weight is 249 g/mol. The van der Waals surface area contributed by atoms with Crippen LogP contribution in [-0.2, 0) is 4.74 Å². The fraction of sp³-hybridized carbons (Fsp3) is 0.600. The average Bonchev–Trinajstić information content (AvgIpc) is 3.22. The molecule has 0 spiro atoms. The van der Waals surface area contributed by atoms with Gasteiger partial charge in [0.2, 0.25) is 0 Å². The number of para-hydroxylation sites is 1. The monoisotopic (exact) mass is 249 g/mol. The second kappa shape index (κ2) is 8.11. The summed E-state index contributed by atoms with van der Waals surface area (Å²) in [6.07, 6.45) is 5.07. The van der Waals surface area contributed by atoms with E-state index in [1.54, 1.807) is 0 Å². The zero-order valence-electron chi connectivity index (χ0n) is 10.9. The van der Waals surface area contributed by atoms with Crippen molar-refractivity contribution in [1.82, 2.24) is 5.32 Å². The summed E-state index contributed by atoms with van der Waals surface area (Å²) >= 11 is 0. The molecular weight excluding hydrogens is 226 g/mol. The van der Waals surface area contributed by atoms with Crippen molar-refractivity contribution >= 4 is 0 Å². The van der Waals surface area contributed by atoms with Crippen molar-refractivity contribution in [3.05, 3.63) is 30.3 Å². The highest BCUT2D eigenvalue weighted by atomic mass is 16.5. The molecule has 0 amide bonds. The molecule has 0 aliphatic heterocycles. The Balaban J connectivity index is 1.35. The van der Waals surface area contributed by atoms with Gasteiger partial charge in [0.25, 0.3) is 0 Å². The molecule has 1 aliphatic rings. The molecule has 18 heavy (non-hydrogen) atoms. The number of rotatable bonds is 10. The molecule has 3 nitrogen and oxygen atoms in total. The van der Waals surface area contributed by atoms with Crippen LogP contribution in [0.25, 0.3) is 0 Å². The van der Waals surface area contributed by atoms with Gasteiger partial charge in [-0.1, -0.05) is 18.2 Å². The van der Waals surface area contributed by atoms with E-state index in [1.807, 2.05) is 30.3 Å². The number of hydrogen-bond acceptors (Lipinski definition) is 3. The van der Waals surface area contributed by atoms with Crippen molar-refractivity contribution in [3.8, 4) is 5.75 Å². The third kappa shape index (κ3) is 6.03.